The van der Waals surface area contributed by atoms with Crippen LogP contribution in [0.1, 0.15) is 29.2 Å². The summed E-state index contributed by atoms with van der Waals surface area (Å²) in [4.78, 5) is 0. The molecule has 0 saturated carbocycles. The van der Waals surface area contributed by atoms with Gasteiger partial charge in [0.25, 0.3) is 0 Å². The van der Waals surface area contributed by atoms with Gasteiger partial charge in [-0.1, -0.05) is 11.6 Å². The first-order valence-corrected chi connectivity index (χ1v) is 5.78. The molecule has 0 aliphatic carbocycles. The van der Waals surface area contributed by atoms with Crippen LogP contribution in [-0.4, -0.2) is 18.3 Å². The lowest BCUT2D eigenvalue weighted by molar-refractivity contribution is 0.194. The van der Waals surface area contributed by atoms with Gasteiger partial charge in [0.15, 0.2) is 0 Å². The Kier molecular flexibility index (Phi) is 4.22. The van der Waals surface area contributed by atoms with Crippen LogP contribution in [0.15, 0.2) is 0 Å². The highest BCUT2D eigenvalue weighted by molar-refractivity contribution is 6.32. The van der Waals surface area contributed by atoms with Crippen LogP contribution in [0, 0.1) is 20.8 Å². The van der Waals surface area contributed by atoms with Crippen LogP contribution in [-0.2, 0) is 6.42 Å². The fraction of sp³-hybridized carbons (Fsp3) is 0.538. The molecule has 0 radical (unpaired) electrons. The molecule has 0 aliphatic rings. The molecule has 0 fully saturated rings. The van der Waals surface area contributed by atoms with Gasteiger partial charge in [0.2, 0.25) is 0 Å². The third-order valence-electron chi connectivity index (χ3n) is 2.99. The molecule has 1 aromatic rings. The Hall–Kier alpha value is -0.730. The summed E-state index contributed by atoms with van der Waals surface area (Å²) in [7, 11) is 1.65. The summed E-state index contributed by atoms with van der Waals surface area (Å²) in [5.74, 6) is 0.848. The predicted molar refractivity (Wildman–Crippen MR) is 67.6 cm³/mol. The van der Waals surface area contributed by atoms with Gasteiger partial charge in [-0.3, -0.25) is 0 Å². The van der Waals surface area contributed by atoms with Crippen molar-refractivity contribution in [3.8, 4) is 5.75 Å². The van der Waals surface area contributed by atoms with Gasteiger partial charge in [-0.05, 0) is 44.4 Å². The highest BCUT2D eigenvalue weighted by Crippen LogP contribution is 2.36. The van der Waals surface area contributed by atoms with E-state index < -0.39 is 6.10 Å². The van der Waals surface area contributed by atoms with Crippen LogP contribution in [0.2, 0.25) is 5.02 Å². The molecule has 1 rings (SSSR count). The highest BCUT2D eigenvalue weighted by Gasteiger charge is 2.17. The van der Waals surface area contributed by atoms with E-state index in [1.54, 1.807) is 14.0 Å². The van der Waals surface area contributed by atoms with Gasteiger partial charge in [0.1, 0.15) is 5.75 Å². The molecule has 1 N–H and O–H groups in total. The van der Waals surface area contributed by atoms with E-state index in [0.717, 1.165) is 33.0 Å². The molecular formula is C13H19ClO2. The van der Waals surface area contributed by atoms with Gasteiger partial charge < -0.3 is 9.84 Å². The number of hydrogen-bond donors (Lipinski definition) is 1. The van der Waals surface area contributed by atoms with Crippen molar-refractivity contribution in [3.63, 3.8) is 0 Å². The zero-order chi connectivity index (χ0) is 12.5. The van der Waals surface area contributed by atoms with Gasteiger partial charge in [0.05, 0.1) is 13.2 Å². The fourth-order valence-corrected chi connectivity index (χ4v) is 2.22. The Morgan fingerprint density at radius 3 is 2.19 bits per heavy atom. The summed E-state index contributed by atoms with van der Waals surface area (Å²) in [5.41, 5.74) is 4.10. The van der Waals surface area contributed by atoms with Gasteiger partial charge in [-0.2, -0.15) is 0 Å². The molecule has 16 heavy (non-hydrogen) atoms. The zero-order valence-electron chi connectivity index (χ0n) is 10.5. The lowest BCUT2D eigenvalue weighted by Gasteiger charge is -2.19. The SMILES string of the molecule is COc1c(C)c(C)c(Cl)c(C)c1CC(C)O. The third-order valence-corrected chi connectivity index (χ3v) is 3.56. The Morgan fingerprint density at radius 1 is 1.19 bits per heavy atom. The molecule has 1 atom stereocenters. The molecule has 90 valence electrons. The molecule has 0 heterocycles. The van der Waals surface area contributed by atoms with Crippen molar-refractivity contribution in [2.24, 2.45) is 0 Å². The molecule has 1 aromatic carbocycles. The molecule has 0 saturated heterocycles. The van der Waals surface area contributed by atoms with Crippen LogP contribution in [0.5, 0.6) is 5.75 Å². The second-order valence-corrected chi connectivity index (χ2v) is 4.63. The summed E-state index contributed by atoms with van der Waals surface area (Å²) < 4.78 is 5.42. The Balaban J connectivity index is 3.44. The average Bonchev–Trinajstić information content (AvgIpc) is 2.23. The molecule has 1 unspecified atom stereocenters. The second kappa shape index (κ2) is 5.07. The first kappa shape index (κ1) is 13.3. The first-order valence-electron chi connectivity index (χ1n) is 5.40. The van der Waals surface area contributed by atoms with E-state index in [2.05, 4.69) is 0 Å². The monoisotopic (exact) mass is 242 g/mol. The van der Waals surface area contributed by atoms with Crippen molar-refractivity contribution >= 4 is 11.6 Å². The quantitative estimate of drug-likeness (QED) is 0.882. The number of methoxy groups -OCH3 is 1. The maximum absolute atomic E-state index is 9.50. The van der Waals surface area contributed by atoms with Crippen LogP contribution in [0.4, 0.5) is 0 Å². The Morgan fingerprint density at radius 2 is 1.75 bits per heavy atom. The average molecular weight is 243 g/mol. The van der Waals surface area contributed by atoms with Crippen molar-refractivity contribution in [3.05, 3.63) is 27.3 Å². The molecule has 0 amide bonds. The number of hydrogen-bond acceptors (Lipinski definition) is 2. The fourth-order valence-electron chi connectivity index (χ4n) is 1.96. The molecule has 3 heteroatoms. The van der Waals surface area contributed by atoms with E-state index in [0.29, 0.717) is 6.42 Å². The van der Waals surface area contributed by atoms with E-state index >= 15 is 0 Å². The van der Waals surface area contributed by atoms with Gasteiger partial charge in [-0.15, -0.1) is 0 Å². The number of benzene rings is 1. The van der Waals surface area contributed by atoms with Crippen molar-refractivity contribution in [1.29, 1.82) is 0 Å². The maximum atomic E-state index is 9.50. The smallest absolute Gasteiger partial charge is 0.125 e. The number of aliphatic hydroxyl groups excluding tert-OH is 1. The predicted octanol–water partition coefficient (Wildman–Crippen LogP) is 3.20. The summed E-state index contributed by atoms with van der Waals surface area (Å²) in [6.45, 7) is 7.71. The van der Waals surface area contributed by atoms with Gasteiger partial charge in [0, 0.05) is 17.0 Å². The van der Waals surface area contributed by atoms with Gasteiger partial charge >= 0.3 is 0 Å². The minimum atomic E-state index is -0.397. The maximum Gasteiger partial charge on any atom is 0.125 e. The Labute approximate surface area is 102 Å². The van der Waals surface area contributed by atoms with E-state index in [9.17, 15) is 5.11 Å². The molecule has 0 aromatic heterocycles. The van der Waals surface area contributed by atoms with Crippen molar-refractivity contribution < 1.29 is 9.84 Å². The van der Waals surface area contributed by atoms with E-state index in [1.807, 2.05) is 20.8 Å². The third kappa shape index (κ3) is 2.33. The van der Waals surface area contributed by atoms with E-state index in [4.69, 9.17) is 16.3 Å². The molecular weight excluding hydrogens is 224 g/mol. The van der Waals surface area contributed by atoms with Crippen LogP contribution < -0.4 is 4.74 Å². The summed E-state index contributed by atoms with van der Waals surface area (Å²) in [6, 6.07) is 0. The number of aliphatic hydroxyl groups is 1. The first-order chi connectivity index (χ1) is 7.40. The zero-order valence-corrected chi connectivity index (χ0v) is 11.3. The lowest BCUT2D eigenvalue weighted by Crippen LogP contribution is -2.09. The molecule has 0 spiro atoms. The van der Waals surface area contributed by atoms with Gasteiger partial charge in [-0.25, -0.2) is 0 Å². The summed E-state index contributed by atoms with van der Waals surface area (Å²) in [6.07, 6.45) is 0.168. The van der Waals surface area contributed by atoms with Crippen molar-refractivity contribution in [1.82, 2.24) is 0 Å². The molecule has 0 bridgehead atoms. The largest absolute Gasteiger partial charge is 0.496 e. The summed E-state index contributed by atoms with van der Waals surface area (Å²) in [5, 5.41) is 10.3. The summed E-state index contributed by atoms with van der Waals surface area (Å²) >= 11 is 6.26. The number of ether oxygens (including phenoxy) is 1. The second-order valence-electron chi connectivity index (χ2n) is 4.25. The topological polar surface area (TPSA) is 29.5 Å². The van der Waals surface area contributed by atoms with E-state index in [1.165, 1.54) is 0 Å². The number of halogens is 1. The highest BCUT2D eigenvalue weighted by atomic mass is 35.5. The van der Waals surface area contributed by atoms with E-state index in [-0.39, 0.29) is 0 Å². The minimum Gasteiger partial charge on any atom is -0.496 e. The Bertz CT molecular complexity index is 398. The normalized spacial score (nSPS) is 12.7. The standard InChI is InChI=1S/C13H19ClO2/c1-7(15)6-11-10(4)12(14)8(2)9(3)13(11)16-5/h7,15H,6H2,1-5H3. The van der Waals surface area contributed by atoms with Crippen LogP contribution >= 0.6 is 11.6 Å². The molecule has 2 nitrogen and oxygen atoms in total. The minimum absolute atomic E-state index is 0.397. The van der Waals surface area contributed by atoms with Crippen LogP contribution in [0.3, 0.4) is 0 Å². The van der Waals surface area contributed by atoms with Crippen LogP contribution in [0.25, 0.3) is 0 Å². The van der Waals surface area contributed by atoms with Crippen molar-refractivity contribution in [2.45, 2.75) is 40.2 Å². The number of rotatable bonds is 3. The lowest BCUT2D eigenvalue weighted by atomic mass is 9.95. The van der Waals surface area contributed by atoms with Crippen molar-refractivity contribution in [2.75, 3.05) is 7.11 Å². The molecule has 0 aliphatic heterocycles.